The third-order valence-electron chi connectivity index (χ3n) is 3.99. The summed E-state index contributed by atoms with van der Waals surface area (Å²) in [5, 5.41) is 3.28. The Morgan fingerprint density at radius 2 is 2.19 bits per heavy atom. The second-order valence-corrected chi connectivity index (χ2v) is 6.33. The molecule has 1 aromatic rings. The van der Waals surface area contributed by atoms with Gasteiger partial charge in [-0.05, 0) is 18.8 Å². The molecule has 6 nitrogen and oxygen atoms in total. The number of amides is 2. The predicted molar refractivity (Wildman–Crippen MR) is 85.9 cm³/mol. The molecule has 1 unspecified atom stereocenters. The van der Waals surface area contributed by atoms with Gasteiger partial charge in [0.1, 0.15) is 9.88 Å². The minimum absolute atomic E-state index is 0.195. The molecule has 2 heterocycles. The lowest BCUT2D eigenvalue weighted by Crippen LogP contribution is -2.35. The summed E-state index contributed by atoms with van der Waals surface area (Å²) in [6.07, 6.45) is 3.37. The van der Waals surface area contributed by atoms with Crippen LogP contribution in [0, 0.1) is 5.92 Å². The van der Waals surface area contributed by atoms with E-state index >= 15 is 0 Å². The molecule has 7 heteroatoms. The topological polar surface area (TPSA) is 101 Å². The molecule has 0 aromatic carbocycles. The second-order valence-electron chi connectivity index (χ2n) is 5.33. The van der Waals surface area contributed by atoms with Crippen molar-refractivity contribution in [3.8, 4) is 0 Å². The lowest BCUT2D eigenvalue weighted by molar-refractivity contribution is 0.0967. The van der Waals surface area contributed by atoms with Crippen molar-refractivity contribution in [2.45, 2.75) is 26.2 Å². The van der Waals surface area contributed by atoms with Crippen LogP contribution in [0.4, 0.5) is 10.7 Å². The number of nitrogens with two attached hydrogens (primary N) is 2. The van der Waals surface area contributed by atoms with Crippen LogP contribution < -0.4 is 21.7 Å². The fourth-order valence-electron chi connectivity index (χ4n) is 2.76. The molecule has 0 aliphatic carbocycles. The molecule has 1 aromatic heterocycles. The number of thiophene rings is 1. The van der Waals surface area contributed by atoms with E-state index in [0.29, 0.717) is 10.8 Å². The van der Waals surface area contributed by atoms with Gasteiger partial charge >= 0.3 is 0 Å². The molecule has 1 atom stereocenters. The van der Waals surface area contributed by atoms with E-state index in [1.165, 1.54) is 17.8 Å². The number of carbonyl (C=O) groups is 2. The van der Waals surface area contributed by atoms with Gasteiger partial charge in [-0.1, -0.05) is 13.3 Å². The van der Waals surface area contributed by atoms with Crippen LogP contribution >= 0.6 is 11.3 Å². The number of nitrogens with zero attached hydrogens (tertiary/aromatic N) is 1. The number of nitrogen functional groups attached to an aromatic ring is 1. The summed E-state index contributed by atoms with van der Waals surface area (Å²) in [6, 6.07) is 0. The summed E-state index contributed by atoms with van der Waals surface area (Å²) in [5.41, 5.74) is 11.9. The van der Waals surface area contributed by atoms with Gasteiger partial charge in [0, 0.05) is 20.1 Å². The molecular weight excluding hydrogens is 288 g/mol. The van der Waals surface area contributed by atoms with E-state index in [-0.39, 0.29) is 17.2 Å². The van der Waals surface area contributed by atoms with Crippen molar-refractivity contribution >= 4 is 33.8 Å². The van der Waals surface area contributed by atoms with Gasteiger partial charge in [0.2, 0.25) is 0 Å². The zero-order valence-electron chi connectivity index (χ0n) is 12.4. The van der Waals surface area contributed by atoms with Gasteiger partial charge in [0.15, 0.2) is 0 Å². The highest BCUT2D eigenvalue weighted by Crippen LogP contribution is 2.39. The number of anilines is 2. The van der Waals surface area contributed by atoms with Crippen LogP contribution in [0.25, 0.3) is 0 Å². The van der Waals surface area contributed by atoms with E-state index in [1.807, 2.05) is 0 Å². The predicted octanol–water partition coefficient (Wildman–Crippen LogP) is 1.42. The lowest BCUT2D eigenvalue weighted by Gasteiger charge is -2.33. The van der Waals surface area contributed by atoms with Crippen LogP contribution in [0.15, 0.2) is 0 Å². The Bertz CT molecular complexity index is 555. The van der Waals surface area contributed by atoms with Crippen molar-refractivity contribution in [3.05, 3.63) is 10.4 Å². The zero-order valence-corrected chi connectivity index (χ0v) is 13.3. The lowest BCUT2D eigenvalue weighted by atomic mass is 9.95. The van der Waals surface area contributed by atoms with Crippen LogP contribution in [-0.4, -0.2) is 32.0 Å². The van der Waals surface area contributed by atoms with E-state index in [2.05, 4.69) is 17.1 Å². The molecule has 5 N–H and O–H groups in total. The molecule has 1 saturated heterocycles. The number of piperidine rings is 1. The van der Waals surface area contributed by atoms with Crippen molar-refractivity contribution in [2.75, 3.05) is 30.8 Å². The minimum atomic E-state index is -0.576. The molecule has 21 heavy (non-hydrogen) atoms. The average Bonchev–Trinajstić information content (AvgIpc) is 2.84. The average molecular weight is 310 g/mol. The fourth-order valence-corrected chi connectivity index (χ4v) is 3.96. The zero-order chi connectivity index (χ0) is 15.6. The van der Waals surface area contributed by atoms with Gasteiger partial charge in [0.25, 0.3) is 11.8 Å². The Labute approximate surface area is 128 Å². The highest BCUT2D eigenvalue weighted by Gasteiger charge is 2.29. The van der Waals surface area contributed by atoms with E-state index in [4.69, 9.17) is 11.5 Å². The van der Waals surface area contributed by atoms with Crippen LogP contribution in [0.5, 0.6) is 0 Å². The smallest absolute Gasteiger partial charge is 0.263 e. The Morgan fingerprint density at radius 3 is 2.76 bits per heavy atom. The summed E-state index contributed by atoms with van der Waals surface area (Å²) in [7, 11) is 1.54. The third-order valence-corrected chi connectivity index (χ3v) is 5.25. The largest absolute Gasteiger partial charge is 0.397 e. The monoisotopic (exact) mass is 310 g/mol. The number of rotatable bonds is 4. The molecule has 0 bridgehead atoms. The minimum Gasteiger partial charge on any atom is -0.397 e. The number of primary amides is 1. The molecule has 2 amide bonds. The molecule has 2 rings (SSSR count). The quantitative estimate of drug-likeness (QED) is 0.782. The highest BCUT2D eigenvalue weighted by molar-refractivity contribution is 7.19. The molecular formula is C14H22N4O2S. The maximum absolute atomic E-state index is 11.9. The van der Waals surface area contributed by atoms with E-state index < -0.39 is 5.91 Å². The van der Waals surface area contributed by atoms with Crippen molar-refractivity contribution in [1.82, 2.24) is 5.32 Å². The standard InChI is InChI=1S/C14H22N4O2S/c1-3-8-5-4-6-18(7-8)14-9(12(16)19)10(15)11(21-14)13(20)17-2/h8H,3-7,15H2,1-2H3,(H2,16,19)(H,17,20). The molecule has 1 aliphatic heterocycles. The number of nitrogens with one attached hydrogen (secondary N) is 1. The first-order valence-corrected chi connectivity index (χ1v) is 8.00. The molecule has 0 radical (unpaired) electrons. The molecule has 0 saturated carbocycles. The molecule has 1 aliphatic rings. The van der Waals surface area contributed by atoms with Crippen molar-refractivity contribution < 1.29 is 9.59 Å². The molecule has 1 fully saturated rings. The number of hydrogen-bond donors (Lipinski definition) is 3. The van der Waals surface area contributed by atoms with Crippen molar-refractivity contribution in [1.29, 1.82) is 0 Å². The van der Waals surface area contributed by atoms with Gasteiger partial charge in [-0.15, -0.1) is 11.3 Å². The second kappa shape index (κ2) is 6.34. The normalized spacial score (nSPS) is 18.6. The first kappa shape index (κ1) is 15.6. The SMILES string of the molecule is CCC1CCCN(c2sc(C(=O)NC)c(N)c2C(N)=O)C1. The first-order valence-electron chi connectivity index (χ1n) is 7.18. The van der Waals surface area contributed by atoms with Crippen LogP contribution in [0.2, 0.25) is 0 Å². The number of hydrogen-bond acceptors (Lipinski definition) is 5. The van der Waals surface area contributed by atoms with Crippen molar-refractivity contribution in [2.24, 2.45) is 11.7 Å². The van der Waals surface area contributed by atoms with Gasteiger partial charge in [0.05, 0.1) is 11.3 Å². The van der Waals surface area contributed by atoms with Crippen LogP contribution in [0.3, 0.4) is 0 Å². The molecule has 0 spiro atoms. The van der Waals surface area contributed by atoms with E-state index in [0.717, 1.165) is 30.9 Å². The maximum atomic E-state index is 11.9. The van der Waals surface area contributed by atoms with Gasteiger partial charge in [-0.3, -0.25) is 9.59 Å². The van der Waals surface area contributed by atoms with Crippen LogP contribution in [0.1, 0.15) is 46.2 Å². The number of carbonyl (C=O) groups excluding carboxylic acids is 2. The first-order chi connectivity index (χ1) is 9.99. The fraction of sp³-hybridized carbons (Fsp3) is 0.571. The summed E-state index contributed by atoms with van der Waals surface area (Å²) in [4.78, 5) is 26.1. The van der Waals surface area contributed by atoms with E-state index in [1.54, 1.807) is 7.05 Å². The van der Waals surface area contributed by atoms with E-state index in [9.17, 15) is 9.59 Å². The van der Waals surface area contributed by atoms with Gasteiger partial charge < -0.3 is 21.7 Å². The summed E-state index contributed by atoms with van der Waals surface area (Å²) < 4.78 is 0. The Morgan fingerprint density at radius 1 is 1.48 bits per heavy atom. The molecule has 116 valence electrons. The summed E-state index contributed by atoms with van der Waals surface area (Å²) >= 11 is 1.25. The third kappa shape index (κ3) is 2.97. The van der Waals surface area contributed by atoms with Crippen molar-refractivity contribution in [3.63, 3.8) is 0 Å². The Balaban J connectivity index is 2.42. The highest BCUT2D eigenvalue weighted by atomic mass is 32.1. The Hall–Kier alpha value is -1.76. The van der Waals surface area contributed by atoms with Crippen LogP contribution in [-0.2, 0) is 0 Å². The summed E-state index contributed by atoms with van der Waals surface area (Å²) in [5.74, 6) is -0.255. The summed E-state index contributed by atoms with van der Waals surface area (Å²) in [6.45, 7) is 3.91. The maximum Gasteiger partial charge on any atom is 0.263 e. The Kier molecular flexibility index (Phi) is 4.72. The van der Waals surface area contributed by atoms with Gasteiger partial charge in [-0.25, -0.2) is 0 Å². The van der Waals surface area contributed by atoms with Gasteiger partial charge in [-0.2, -0.15) is 0 Å².